The van der Waals surface area contributed by atoms with Gasteiger partial charge in [0, 0.05) is 0 Å². The summed E-state index contributed by atoms with van der Waals surface area (Å²) in [6.07, 6.45) is 2.35. The third-order valence-electron chi connectivity index (χ3n) is 1.89. The summed E-state index contributed by atoms with van der Waals surface area (Å²) in [5, 5.41) is 16.3. The van der Waals surface area contributed by atoms with Crippen LogP contribution in [0, 0.1) is 17.0 Å². The summed E-state index contributed by atoms with van der Waals surface area (Å²) < 4.78 is 4.73. The summed E-state index contributed by atoms with van der Waals surface area (Å²) in [4.78, 5) is 25.2. The Hall–Kier alpha value is -2.29. The summed E-state index contributed by atoms with van der Waals surface area (Å²) in [5.74, 6) is -0.0958. The van der Waals surface area contributed by atoms with Crippen molar-refractivity contribution in [3.05, 3.63) is 33.8 Å². The molecule has 0 spiro atoms. The third-order valence-corrected chi connectivity index (χ3v) is 2.75. The van der Waals surface area contributed by atoms with Crippen molar-refractivity contribution in [3.8, 4) is 0 Å². The maximum atomic E-state index is 11.7. The predicted octanol–water partition coefficient (Wildman–Crippen LogP) is 1.60. The second-order valence-corrected chi connectivity index (χ2v) is 4.02. The molecule has 0 saturated heterocycles. The first-order valence-electron chi connectivity index (χ1n) is 4.41. The molecule has 17 heavy (non-hydrogen) atoms. The molecule has 0 bridgehead atoms. The van der Waals surface area contributed by atoms with Crippen LogP contribution in [0.25, 0.3) is 0 Å². The lowest BCUT2D eigenvalue weighted by Gasteiger charge is -1.97. The van der Waals surface area contributed by atoms with Gasteiger partial charge in [0.25, 0.3) is 5.91 Å². The molecule has 1 N–H and O–H groups in total. The van der Waals surface area contributed by atoms with Crippen LogP contribution in [0.2, 0.25) is 0 Å². The molecule has 2 heterocycles. The lowest BCUT2D eigenvalue weighted by atomic mass is 10.3. The molecule has 2 aromatic rings. The van der Waals surface area contributed by atoms with Crippen molar-refractivity contribution in [2.45, 2.75) is 6.92 Å². The molecule has 2 aromatic heterocycles. The minimum absolute atomic E-state index is 0.137. The van der Waals surface area contributed by atoms with Gasteiger partial charge in [-0.3, -0.25) is 20.2 Å². The van der Waals surface area contributed by atoms with Gasteiger partial charge in [-0.25, -0.2) is 4.98 Å². The van der Waals surface area contributed by atoms with Gasteiger partial charge in [0.15, 0.2) is 5.13 Å². The Morgan fingerprint density at radius 2 is 2.35 bits per heavy atom. The Morgan fingerprint density at radius 1 is 1.59 bits per heavy atom. The Bertz CT molecular complexity index is 576. The molecule has 8 nitrogen and oxygen atoms in total. The molecule has 0 saturated carbocycles. The molecule has 0 aliphatic carbocycles. The largest absolute Gasteiger partial charge is 0.361 e. The number of carbonyl (C=O) groups excluding carboxylic acids is 1. The van der Waals surface area contributed by atoms with E-state index in [0.717, 1.165) is 17.5 Å². The van der Waals surface area contributed by atoms with E-state index in [1.807, 2.05) is 0 Å². The fourth-order valence-corrected chi connectivity index (χ4v) is 1.72. The van der Waals surface area contributed by atoms with E-state index < -0.39 is 10.8 Å². The third kappa shape index (κ3) is 2.28. The van der Waals surface area contributed by atoms with Crippen LogP contribution in [0.15, 0.2) is 16.9 Å². The van der Waals surface area contributed by atoms with Gasteiger partial charge in [-0.1, -0.05) is 5.16 Å². The van der Waals surface area contributed by atoms with Crippen molar-refractivity contribution >= 4 is 27.4 Å². The van der Waals surface area contributed by atoms with Gasteiger partial charge in [-0.05, 0) is 18.3 Å². The van der Waals surface area contributed by atoms with E-state index in [2.05, 4.69) is 15.5 Å². The average molecular weight is 254 g/mol. The molecule has 88 valence electrons. The number of aryl methyl sites for hydroxylation is 1. The Balaban J connectivity index is 2.13. The van der Waals surface area contributed by atoms with Gasteiger partial charge in [-0.2, -0.15) is 0 Å². The first-order chi connectivity index (χ1) is 8.08. The van der Waals surface area contributed by atoms with E-state index in [9.17, 15) is 14.9 Å². The van der Waals surface area contributed by atoms with E-state index in [1.54, 1.807) is 6.92 Å². The second kappa shape index (κ2) is 4.29. The van der Waals surface area contributed by atoms with E-state index in [0.29, 0.717) is 5.76 Å². The van der Waals surface area contributed by atoms with Crippen molar-refractivity contribution in [1.82, 2.24) is 10.1 Å². The zero-order valence-corrected chi connectivity index (χ0v) is 9.35. The first kappa shape index (κ1) is 11.2. The topological polar surface area (TPSA) is 111 Å². The molecule has 0 fully saturated rings. The van der Waals surface area contributed by atoms with E-state index in [1.165, 1.54) is 6.20 Å². The summed E-state index contributed by atoms with van der Waals surface area (Å²) >= 11 is 0.779. The SMILES string of the molecule is Cc1oncc1C(=O)Nc1ncc([N+](=O)[O-])s1. The van der Waals surface area contributed by atoms with Crippen LogP contribution in [-0.4, -0.2) is 21.0 Å². The number of rotatable bonds is 3. The number of hydrogen-bond acceptors (Lipinski definition) is 7. The molecule has 0 aliphatic heterocycles. The minimum Gasteiger partial charge on any atom is -0.361 e. The van der Waals surface area contributed by atoms with Gasteiger partial charge in [0.05, 0.1) is 11.1 Å². The quantitative estimate of drug-likeness (QED) is 0.657. The molecule has 2 rings (SSSR count). The molecule has 0 atom stereocenters. The Labute approximate surface area is 98.4 Å². The van der Waals surface area contributed by atoms with Gasteiger partial charge in [-0.15, -0.1) is 0 Å². The first-order valence-corrected chi connectivity index (χ1v) is 5.22. The van der Waals surface area contributed by atoms with Crippen LogP contribution in [0.1, 0.15) is 16.1 Å². The zero-order valence-electron chi connectivity index (χ0n) is 8.54. The number of nitrogens with zero attached hydrogens (tertiary/aromatic N) is 3. The van der Waals surface area contributed by atoms with Crippen LogP contribution < -0.4 is 5.32 Å². The minimum atomic E-state index is -0.571. The molecule has 0 radical (unpaired) electrons. The molecule has 9 heteroatoms. The summed E-state index contributed by atoms with van der Waals surface area (Å²) in [6.45, 7) is 1.59. The van der Waals surface area contributed by atoms with Crippen molar-refractivity contribution in [2.24, 2.45) is 0 Å². The maximum Gasteiger partial charge on any atom is 0.345 e. The molecule has 0 aromatic carbocycles. The fourth-order valence-electron chi connectivity index (χ4n) is 1.09. The van der Waals surface area contributed by atoms with Crippen LogP contribution in [-0.2, 0) is 0 Å². The Kier molecular flexibility index (Phi) is 2.83. The lowest BCUT2D eigenvalue weighted by Crippen LogP contribution is -2.11. The number of anilines is 1. The van der Waals surface area contributed by atoms with Gasteiger partial charge >= 0.3 is 5.00 Å². The molecular weight excluding hydrogens is 248 g/mol. The number of carbonyl (C=O) groups is 1. The highest BCUT2D eigenvalue weighted by atomic mass is 32.1. The highest BCUT2D eigenvalue weighted by molar-refractivity contribution is 7.18. The van der Waals surface area contributed by atoms with Crippen molar-refractivity contribution in [1.29, 1.82) is 0 Å². The summed E-state index contributed by atoms with van der Waals surface area (Å²) in [7, 11) is 0. The highest BCUT2D eigenvalue weighted by Crippen LogP contribution is 2.25. The van der Waals surface area contributed by atoms with Crippen LogP contribution >= 0.6 is 11.3 Å². The zero-order chi connectivity index (χ0) is 12.4. The number of hydrogen-bond donors (Lipinski definition) is 1. The number of nitrogens with one attached hydrogen (secondary N) is 1. The molecule has 0 unspecified atom stereocenters. The normalized spacial score (nSPS) is 10.2. The highest BCUT2D eigenvalue weighted by Gasteiger charge is 2.17. The number of aromatic nitrogens is 2. The van der Waals surface area contributed by atoms with Gasteiger partial charge < -0.3 is 4.52 Å². The Morgan fingerprint density at radius 3 is 2.88 bits per heavy atom. The lowest BCUT2D eigenvalue weighted by molar-refractivity contribution is -0.380. The summed E-state index contributed by atoms with van der Waals surface area (Å²) in [6, 6.07) is 0. The maximum absolute atomic E-state index is 11.7. The second-order valence-electron chi connectivity index (χ2n) is 3.01. The number of thiazole rings is 1. The molecular formula is C8H6N4O4S. The van der Waals surface area contributed by atoms with Crippen molar-refractivity contribution < 1.29 is 14.2 Å². The monoisotopic (exact) mass is 254 g/mol. The standard InChI is InChI=1S/C8H6N4O4S/c1-4-5(2-10-16-4)7(13)11-8-9-3-6(17-8)12(14)15/h2-3H,1H3,(H,9,11,13). The van der Waals surface area contributed by atoms with Crippen LogP contribution in [0.3, 0.4) is 0 Å². The van der Waals surface area contributed by atoms with Gasteiger partial charge in [0.1, 0.15) is 17.5 Å². The fraction of sp³-hybridized carbons (Fsp3) is 0.125. The number of amides is 1. The van der Waals surface area contributed by atoms with Gasteiger partial charge in [0.2, 0.25) is 0 Å². The smallest absolute Gasteiger partial charge is 0.345 e. The number of nitro groups is 1. The predicted molar refractivity (Wildman–Crippen MR) is 58.0 cm³/mol. The van der Waals surface area contributed by atoms with Crippen LogP contribution in [0.4, 0.5) is 10.1 Å². The molecule has 0 aliphatic rings. The summed E-state index contributed by atoms with van der Waals surface area (Å²) in [5.41, 5.74) is 0.267. The molecule has 1 amide bonds. The van der Waals surface area contributed by atoms with Crippen molar-refractivity contribution in [3.63, 3.8) is 0 Å². The van der Waals surface area contributed by atoms with Crippen LogP contribution in [0.5, 0.6) is 0 Å². The van der Waals surface area contributed by atoms with E-state index in [4.69, 9.17) is 4.52 Å². The average Bonchev–Trinajstić information content (AvgIpc) is 2.86. The van der Waals surface area contributed by atoms with E-state index >= 15 is 0 Å². The van der Waals surface area contributed by atoms with E-state index in [-0.39, 0.29) is 15.7 Å². The van der Waals surface area contributed by atoms with Crippen molar-refractivity contribution in [2.75, 3.05) is 5.32 Å².